The van der Waals surface area contributed by atoms with Gasteiger partial charge in [0.25, 0.3) is 5.24 Å². The van der Waals surface area contributed by atoms with E-state index in [-0.39, 0.29) is 22.7 Å². The number of rotatable bonds is 3. The molecule has 2 fully saturated rings. The van der Waals surface area contributed by atoms with E-state index in [0.717, 1.165) is 31.0 Å². The monoisotopic (exact) mass is 229 g/mol. The molecular formula is C9H15N3O2S. The summed E-state index contributed by atoms with van der Waals surface area (Å²) in [6, 6.07) is -0.383. The molecule has 15 heavy (non-hydrogen) atoms. The van der Waals surface area contributed by atoms with Crippen LogP contribution in [0.1, 0.15) is 19.3 Å². The number of carbonyl (C=O) groups is 2. The van der Waals surface area contributed by atoms with E-state index in [1.165, 1.54) is 0 Å². The molecule has 1 saturated heterocycles. The largest absolute Gasteiger partial charge is 0.352 e. The van der Waals surface area contributed by atoms with E-state index in [4.69, 9.17) is 5.73 Å². The van der Waals surface area contributed by atoms with Gasteiger partial charge in [-0.2, -0.15) is 0 Å². The maximum absolute atomic E-state index is 11.6. The summed E-state index contributed by atoms with van der Waals surface area (Å²) in [4.78, 5) is 22.5. The van der Waals surface area contributed by atoms with Gasteiger partial charge in [0.2, 0.25) is 5.91 Å². The quantitative estimate of drug-likeness (QED) is 0.626. The van der Waals surface area contributed by atoms with E-state index < -0.39 is 0 Å². The summed E-state index contributed by atoms with van der Waals surface area (Å²) >= 11 is 1.14. The van der Waals surface area contributed by atoms with Crippen LogP contribution in [0.4, 0.5) is 4.79 Å². The molecule has 5 nitrogen and oxygen atoms in total. The fourth-order valence-electron chi connectivity index (χ4n) is 1.72. The van der Waals surface area contributed by atoms with Crippen LogP contribution in [0.3, 0.4) is 0 Å². The molecule has 0 aromatic carbocycles. The average molecular weight is 229 g/mol. The fraction of sp³-hybridized carbons (Fsp3) is 0.778. The van der Waals surface area contributed by atoms with Gasteiger partial charge in [-0.3, -0.25) is 9.59 Å². The number of nitrogens with one attached hydrogen (secondary N) is 2. The molecule has 0 bridgehead atoms. The highest BCUT2D eigenvalue weighted by molar-refractivity contribution is 8.14. The Morgan fingerprint density at radius 1 is 1.67 bits per heavy atom. The summed E-state index contributed by atoms with van der Waals surface area (Å²) in [6.07, 6.45) is 3.08. The first-order chi connectivity index (χ1) is 7.09. The third kappa shape index (κ3) is 2.43. The average Bonchev–Trinajstić information content (AvgIpc) is 2.58. The first-order valence-corrected chi connectivity index (χ1v) is 6.08. The Morgan fingerprint density at radius 3 is 2.87 bits per heavy atom. The molecule has 2 aliphatic rings. The van der Waals surface area contributed by atoms with Gasteiger partial charge in [-0.05, 0) is 19.3 Å². The van der Waals surface area contributed by atoms with Gasteiger partial charge in [0, 0.05) is 17.8 Å². The standard InChI is InChI=1S/C9H15N3O2S/c10-9(2-1-3-9)5-11-7(13)6-4-15-8(14)12-6/h6H,1-5,10H2,(H,11,13)(H,12,14). The van der Waals surface area contributed by atoms with Crippen molar-refractivity contribution in [3.63, 3.8) is 0 Å². The summed E-state index contributed by atoms with van der Waals surface area (Å²) < 4.78 is 0. The number of hydrogen-bond acceptors (Lipinski definition) is 4. The molecule has 0 aromatic rings. The number of carbonyl (C=O) groups excluding carboxylic acids is 2. The Morgan fingerprint density at radius 2 is 2.40 bits per heavy atom. The van der Waals surface area contributed by atoms with Crippen molar-refractivity contribution in [1.29, 1.82) is 0 Å². The van der Waals surface area contributed by atoms with Crippen molar-refractivity contribution >= 4 is 22.9 Å². The summed E-state index contributed by atoms with van der Waals surface area (Å²) in [5, 5.41) is 5.27. The van der Waals surface area contributed by atoms with E-state index in [9.17, 15) is 9.59 Å². The number of amides is 2. The topological polar surface area (TPSA) is 84.2 Å². The van der Waals surface area contributed by atoms with Crippen LogP contribution in [0, 0.1) is 0 Å². The molecule has 2 amide bonds. The van der Waals surface area contributed by atoms with Crippen molar-refractivity contribution in [3.05, 3.63) is 0 Å². The first kappa shape index (κ1) is 10.8. The molecule has 0 aromatic heterocycles. The van der Waals surface area contributed by atoms with E-state index >= 15 is 0 Å². The maximum Gasteiger partial charge on any atom is 0.279 e. The molecule has 1 aliphatic heterocycles. The lowest BCUT2D eigenvalue weighted by Crippen LogP contribution is -2.57. The minimum absolute atomic E-state index is 0.120. The minimum Gasteiger partial charge on any atom is -0.352 e. The van der Waals surface area contributed by atoms with Crippen LogP contribution in [0.25, 0.3) is 0 Å². The molecule has 1 atom stereocenters. The van der Waals surface area contributed by atoms with Gasteiger partial charge in [-0.1, -0.05) is 11.8 Å². The second-order valence-corrected chi connectivity index (χ2v) is 5.22. The van der Waals surface area contributed by atoms with Crippen LogP contribution in [-0.4, -0.2) is 35.0 Å². The lowest BCUT2D eigenvalue weighted by atomic mass is 9.78. The van der Waals surface area contributed by atoms with Crippen molar-refractivity contribution in [2.24, 2.45) is 5.73 Å². The van der Waals surface area contributed by atoms with Gasteiger partial charge in [0.1, 0.15) is 6.04 Å². The Kier molecular flexibility index (Phi) is 2.88. The number of nitrogens with two attached hydrogens (primary N) is 1. The second-order valence-electron chi connectivity index (χ2n) is 4.23. The molecule has 1 aliphatic carbocycles. The first-order valence-electron chi connectivity index (χ1n) is 5.09. The molecule has 1 saturated carbocycles. The highest BCUT2D eigenvalue weighted by Gasteiger charge is 2.34. The molecule has 0 radical (unpaired) electrons. The fourth-order valence-corrected chi connectivity index (χ4v) is 2.50. The second kappa shape index (κ2) is 4.02. The zero-order valence-electron chi connectivity index (χ0n) is 8.41. The summed E-state index contributed by atoms with van der Waals surface area (Å²) in [5.74, 6) is 0.396. The maximum atomic E-state index is 11.6. The summed E-state index contributed by atoms with van der Waals surface area (Å²) in [6.45, 7) is 0.517. The van der Waals surface area contributed by atoms with Gasteiger partial charge in [0.15, 0.2) is 0 Å². The number of thioether (sulfide) groups is 1. The zero-order chi connectivity index (χ0) is 10.9. The van der Waals surface area contributed by atoms with Crippen LogP contribution in [0.5, 0.6) is 0 Å². The van der Waals surface area contributed by atoms with Crippen molar-refractivity contribution in [3.8, 4) is 0 Å². The molecule has 1 heterocycles. The van der Waals surface area contributed by atoms with E-state index in [2.05, 4.69) is 10.6 Å². The van der Waals surface area contributed by atoms with Crippen molar-refractivity contribution < 1.29 is 9.59 Å². The van der Waals surface area contributed by atoms with Crippen LogP contribution in [-0.2, 0) is 4.79 Å². The van der Waals surface area contributed by atoms with Crippen molar-refractivity contribution in [2.45, 2.75) is 30.8 Å². The van der Waals surface area contributed by atoms with Crippen molar-refractivity contribution in [2.75, 3.05) is 12.3 Å². The summed E-state index contributed by atoms with van der Waals surface area (Å²) in [7, 11) is 0. The molecule has 1 unspecified atom stereocenters. The van der Waals surface area contributed by atoms with Crippen LogP contribution in [0.2, 0.25) is 0 Å². The SMILES string of the molecule is NC1(CNC(=O)C2CSC(=O)N2)CCC1. The smallest absolute Gasteiger partial charge is 0.279 e. The van der Waals surface area contributed by atoms with Gasteiger partial charge < -0.3 is 16.4 Å². The Bertz CT molecular complexity index is 291. The Hall–Kier alpha value is -0.750. The van der Waals surface area contributed by atoms with Gasteiger partial charge in [-0.15, -0.1) is 0 Å². The molecule has 84 valence electrons. The Balaban J connectivity index is 1.75. The van der Waals surface area contributed by atoms with Crippen molar-refractivity contribution in [1.82, 2.24) is 10.6 Å². The minimum atomic E-state index is -0.383. The van der Waals surface area contributed by atoms with E-state index in [0.29, 0.717) is 12.3 Å². The van der Waals surface area contributed by atoms with E-state index in [1.807, 2.05) is 0 Å². The van der Waals surface area contributed by atoms with Gasteiger partial charge in [0.05, 0.1) is 0 Å². The molecule has 4 N–H and O–H groups in total. The predicted molar refractivity (Wildman–Crippen MR) is 58.6 cm³/mol. The highest BCUT2D eigenvalue weighted by atomic mass is 32.2. The molecular weight excluding hydrogens is 214 g/mol. The van der Waals surface area contributed by atoms with Crippen LogP contribution >= 0.6 is 11.8 Å². The van der Waals surface area contributed by atoms with Crippen LogP contribution in [0.15, 0.2) is 0 Å². The molecule has 0 spiro atoms. The van der Waals surface area contributed by atoms with Gasteiger partial charge >= 0.3 is 0 Å². The van der Waals surface area contributed by atoms with Gasteiger partial charge in [-0.25, -0.2) is 0 Å². The lowest BCUT2D eigenvalue weighted by Gasteiger charge is -2.38. The highest BCUT2D eigenvalue weighted by Crippen LogP contribution is 2.28. The van der Waals surface area contributed by atoms with Crippen LogP contribution < -0.4 is 16.4 Å². The summed E-state index contributed by atoms with van der Waals surface area (Å²) in [5.41, 5.74) is 5.77. The molecule has 6 heteroatoms. The third-order valence-corrected chi connectivity index (χ3v) is 3.83. The predicted octanol–water partition coefficient (Wildman–Crippen LogP) is -0.191. The number of hydrogen-bond donors (Lipinski definition) is 3. The third-order valence-electron chi connectivity index (χ3n) is 2.95. The normalized spacial score (nSPS) is 28.1. The zero-order valence-corrected chi connectivity index (χ0v) is 9.23. The Labute approximate surface area is 92.5 Å². The molecule has 2 rings (SSSR count). The lowest BCUT2D eigenvalue weighted by molar-refractivity contribution is -0.122. The van der Waals surface area contributed by atoms with E-state index in [1.54, 1.807) is 0 Å².